The molecule has 0 aliphatic carbocycles. The van der Waals surface area contributed by atoms with E-state index in [1.54, 1.807) is 7.11 Å². The van der Waals surface area contributed by atoms with Crippen molar-refractivity contribution in [2.45, 2.75) is 13.0 Å². The SMILES string of the molecule is COc1ccc2cc(C(=O)Nc3ccc(CNCCCP(=O)(O)O)cc3)cc(N(C)C)c2c1. The zero-order valence-corrected chi connectivity index (χ0v) is 19.9. The highest BCUT2D eigenvalue weighted by Gasteiger charge is 2.13. The Morgan fingerprint density at radius 3 is 2.42 bits per heavy atom. The third-order valence-corrected chi connectivity index (χ3v) is 6.13. The smallest absolute Gasteiger partial charge is 0.325 e. The van der Waals surface area contributed by atoms with E-state index in [1.807, 2.05) is 73.6 Å². The van der Waals surface area contributed by atoms with Gasteiger partial charge < -0.3 is 30.1 Å². The van der Waals surface area contributed by atoms with E-state index in [1.165, 1.54) is 0 Å². The summed E-state index contributed by atoms with van der Waals surface area (Å²) in [6, 6.07) is 17.0. The standard InChI is InChI=1S/C24H30N3O5P/c1-27(2)23-14-19(13-18-7-10-21(32-3)15-22(18)23)24(28)26-20-8-5-17(6-9-20)16-25-11-4-12-33(29,30)31/h5-10,13-15,25H,4,11-12,16H2,1-3H3,(H,26,28)(H2,29,30,31). The predicted octanol–water partition coefficient (Wildman–Crippen LogP) is 3.82. The summed E-state index contributed by atoms with van der Waals surface area (Å²) in [5.41, 5.74) is 3.19. The highest BCUT2D eigenvalue weighted by atomic mass is 31.2. The van der Waals surface area contributed by atoms with Gasteiger partial charge in [-0.25, -0.2) is 0 Å². The zero-order chi connectivity index (χ0) is 24.0. The van der Waals surface area contributed by atoms with Crippen LogP contribution in [-0.2, 0) is 11.1 Å². The molecule has 3 rings (SSSR count). The lowest BCUT2D eigenvalue weighted by atomic mass is 10.0. The van der Waals surface area contributed by atoms with Crippen LogP contribution < -0.4 is 20.3 Å². The van der Waals surface area contributed by atoms with Crippen LogP contribution in [0.25, 0.3) is 10.8 Å². The molecule has 0 fully saturated rings. The minimum Gasteiger partial charge on any atom is -0.497 e. The lowest BCUT2D eigenvalue weighted by molar-refractivity contribution is 0.102. The minimum absolute atomic E-state index is 0.122. The number of carbonyl (C=O) groups excluding carboxylic acids is 1. The van der Waals surface area contributed by atoms with Gasteiger partial charge in [-0.2, -0.15) is 0 Å². The molecular formula is C24H30N3O5P. The third kappa shape index (κ3) is 7.04. The molecule has 3 aromatic carbocycles. The molecule has 4 N–H and O–H groups in total. The van der Waals surface area contributed by atoms with Crippen molar-refractivity contribution in [1.82, 2.24) is 5.32 Å². The fourth-order valence-electron chi connectivity index (χ4n) is 3.50. The molecule has 9 heteroatoms. The van der Waals surface area contributed by atoms with Gasteiger partial charge in [-0.3, -0.25) is 9.36 Å². The Balaban J connectivity index is 1.65. The maximum absolute atomic E-state index is 12.9. The lowest BCUT2D eigenvalue weighted by Crippen LogP contribution is -2.16. The number of benzene rings is 3. The van der Waals surface area contributed by atoms with Crippen molar-refractivity contribution < 1.29 is 23.9 Å². The van der Waals surface area contributed by atoms with Gasteiger partial charge in [0.25, 0.3) is 5.91 Å². The third-order valence-electron chi connectivity index (χ3n) is 5.23. The number of methoxy groups -OCH3 is 1. The van der Waals surface area contributed by atoms with Crippen LogP contribution >= 0.6 is 7.60 Å². The number of nitrogens with zero attached hydrogens (tertiary/aromatic N) is 1. The molecule has 8 nitrogen and oxygen atoms in total. The maximum atomic E-state index is 12.9. The number of carbonyl (C=O) groups is 1. The highest BCUT2D eigenvalue weighted by Crippen LogP contribution is 2.34. The molecule has 33 heavy (non-hydrogen) atoms. The Hall–Kier alpha value is -2.90. The average molecular weight is 471 g/mol. The van der Waals surface area contributed by atoms with Crippen molar-refractivity contribution in [1.29, 1.82) is 0 Å². The predicted molar refractivity (Wildman–Crippen MR) is 132 cm³/mol. The number of hydrogen-bond donors (Lipinski definition) is 4. The largest absolute Gasteiger partial charge is 0.497 e. The van der Waals surface area contributed by atoms with E-state index in [0.29, 0.717) is 30.8 Å². The molecule has 0 atom stereocenters. The summed E-state index contributed by atoms with van der Waals surface area (Å²) in [6.45, 7) is 1.10. The van der Waals surface area contributed by atoms with Gasteiger partial charge >= 0.3 is 7.60 Å². The summed E-state index contributed by atoms with van der Waals surface area (Å²) in [6.07, 6.45) is 0.286. The molecule has 176 valence electrons. The van der Waals surface area contributed by atoms with Gasteiger partial charge in [0.1, 0.15) is 5.75 Å². The first-order chi connectivity index (χ1) is 15.7. The molecule has 0 saturated carbocycles. The molecule has 0 bridgehead atoms. The number of hydrogen-bond acceptors (Lipinski definition) is 5. The van der Waals surface area contributed by atoms with Gasteiger partial charge in [-0.05, 0) is 60.3 Å². The summed E-state index contributed by atoms with van der Waals surface area (Å²) in [5, 5.41) is 8.06. The van der Waals surface area contributed by atoms with Gasteiger partial charge in [-0.15, -0.1) is 0 Å². The van der Waals surface area contributed by atoms with Crippen LogP contribution in [0.4, 0.5) is 11.4 Å². The van der Waals surface area contributed by atoms with Crippen molar-refractivity contribution in [3.63, 3.8) is 0 Å². The van der Waals surface area contributed by atoms with E-state index >= 15 is 0 Å². The molecule has 0 heterocycles. The fraction of sp³-hybridized carbons (Fsp3) is 0.292. The first-order valence-corrected chi connectivity index (χ1v) is 12.4. The molecule has 0 radical (unpaired) electrons. The molecule has 0 aliphatic rings. The first kappa shape index (κ1) is 24.7. The zero-order valence-electron chi connectivity index (χ0n) is 19.0. The monoisotopic (exact) mass is 471 g/mol. The molecule has 0 aliphatic heterocycles. The number of fused-ring (bicyclic) bond motifs is 1. The van der Waals surface area contributed by atoms with E-state index in [0.717, 1.165) is 27.8 Å². The van der Waals surface area contributed by atoms with Crippen molar-refractivity contribution in [2.24, 2.45) is 0 Å². The number of nitrogens with one attached hydrogen (secondary N) is 2. The van der Waals surface area contributed by atoms with E-state index in [2.05, 4.69) is 10.6 Å². The van der Waals surface area contributed by atoms with Crippen molar-refractivity contribution in [3.05, 3.63) is 65.7 Å². The maximum Gasteiger partial charge on any atom is 0.325 e. The number of amides is 1. The summed E-state index contributed by atoms with van der Waals surface area (Å²) in [7, 11) is 1.57. The van der Waals surface area contributed by atoms with Crippen LogP contribution in [-0.4, -0.2) is 49.6 Å². The van der Waals surface area contributed by atoms with E-state index in [4.69, 9.17) is 14.5 Å². The molecule has 1 amide bonds. The second-order valence-corrected chi connectivity index (χ2v) is 9.82. The number of anilines is 2. The molecule has 0 unspecified atom stereocenters. The van der Waals surface area contributed by atoms with E-state index in [-0.39, 0.29) is 12.1 Å². The minimum atomic E-state index is -3.94. The topological polar surface area (TPSA) is 111 Å². The van der Waals surface area contributed by atoms with Crippen LogP contribution in [0, 0.1) is 0 Å². The molecule has 3 aromatic rings. The lowest BCUT2D eigenvalue weighted by Gasteiger charge is -2.18. The summed E-state index contributed by atoms with van der Waals surface area (Å²) >= 11 is 0. The molecule has 0 aromatic heterocycles. The highest BCUT2D eigenvalue weighted by molar-refractivity contribution is 7.51. The average Bonchev–Trinajstić information content (AvgIpc) is 2.77. The fourth-order valence-corrected chi connectivity index (χ4v) is 4.07. The van der Waals surface area contributed by atoms with Crippen LogP contribution in [0.2, 0.25) is 0 Å². The Labute approximate surface area is 193 Å². The van der Waals surface area contributed by atoms with Crippen LogP contribution in [0.15, 0.2) is 54.6 Å². The van der Waals surface area contributed by atoms with Crippen LogP contribution in [0.1, 0.15) is 22.3 Å². The van der Waals surface area contributed by atoms with Crippen molar-refractivity contribution in [2.75, 3.05) is 44.1 Å². The van der Waals surface area contributed by atoms with Gasteiger partial charge in [0, 0.05) is 43.0 Å². The molecule has 0 spiro atoms. The second-order valence-electron chi connectivity index (χ2n) is 8.05. The molecular weight excluding hydrogens is 441 g/mol. The quantitative estimate of drug-likeness (QED) is 0.263. The van der Waals surface area contributed by atoms with E-state index < -0.39 is 7.60 Å². The van der Waals surface area contributed by atoms with Crippen LogP contribution in [0.3, 0.4) is 0 Å². The molecule has 0 saturated heterocycles. The summed E-state index contributed by atoms with van der Waals surface area (Å²) in [4.78, 5) is 32.7. The Kier molecular flexibility index (Phi) is 8.10. The van der Waals surface area contributed by atoms with Crippen molar-refractivity contribution in [3.8, 4) is 5.75 Å². The van der Waals surface area contributed by atoms with Gasteiger partial charge in [0.15, 0.2) is 0 Å². The Bertz CT molecular complexity index is 1160. The number of ether oxygens (including phenoxy) is 1. The first-order valence-electron chi connectivity index (χ1n) is 10.6. The normalized spacial score (nSPS) is 11.4. The Morgan fingerprint density at radius 2 is 1.79 bits per heavy atom. The van der Waals surface area contributed by atoms with Crippen molar-refractivity contribution >= 4 is 35.7 Å². The second kappa shape index (κ2) is 10.8. The van der Waals surface area contributed by atoms with Gasteiger partial charge in [-0.1, -0.05) is 18.2 Å². The Morgan fingerprint density at radius 1 is 1.06 bits per heavy atom. The van der Waals surface area contributed by atoms with Gasteiger partial charge in [0.05, 0.1) is 13.3 Å². The summed E-state index contributed by atoms with van der Waals surface area (Å²) < 4.78 is 16.2. The number of rotatable bonds is 10. The van der Waals surface area contributed by atoms with Gasteiger partial charge in [0.2, 0.25) is 0 Å². The van der Waals surface area contributed by atoms with E-state index in [9.17, 15) is 9.36 Å². The van der Waals surface area contributed by atoms with Crippen LogP contribution in [0.5, 0.6) is 5.75 Å². The summed E-state index contributed by atoms with van der Waals surface area (Å²) in [5.74, 6) is 0.568.